The molecule has 45 heavy (non-hydrogen) atoms. The topological polar surface area (TPSA) is 83.2 Å². The number of fused-ring (bicyclic) bond motifs is 1. The Kier molecular flexibility index (Phi) is 9.52. The molecule has 5 aromatic rings. The number of benzene rings is 3. The molecule has 0 unspecified atom stereocenters. The first-order chi connectivity index (χ1) is 22.1. The summed E-state index contributed by atoms with van der Waals surface area (Å²) < 4.78 is 16.7. The first-order valence-corrected chi connectivity index (χ1v) is 16.0. The predicted molar refractivity (Wildman–Crippen MR) is 179 cm³/mol. The second kappa shape index (κ2) is 14.0. The number of aromatic nitrogens is 2. The molecule has 3 aromatic carbocycles. The third kappa shape index (κ3) is 6.92. The third-order valence-corrected chi connectivity index (χ3v) is 9.22. The van der Waals surface area contributed by atoms with Crippen LogP contribution in [0.4, 0.5) is 5.69 Å². The number of piperazine rings is 1. The zero-order chi connectivity index (χ0) is 31.2. The Hall–Kier alpha value is -4.54. The van der Waals surface area contributed by atoms with Crippen molar-refractivity contribution < 1.29 is 19.0 Å². The molecular weight excluding hydrogens is 586 g/mol. The molecule has 1 amide bonds. The lowest BCUT2D eigenvalue weighted by molar-refractivity contribution is 0.0741. The zero-order valence-corrected chi connectivity index (χ0v) is 26.8. The molecule has 0 spiro atoms. The van der Waals surface area contributed by atoms with Crippen LogP contribution < -0.4 is 19.1 Å². The lowest BCUT2D eigenvalue weighted by atomic mass is 10.1. The molecule has 1 fully saturated rings. The number of rotatable bonds is 12. The fourth-order valence-corrected chi connectivity index (χ4v) is 6.74. The van der Waals surface area contributed by atoms with E-state index >= 15 is 0 Å². The highest BCUT2D eigenvalue weighted by molar-refractivity contribution is 7.09. The van der Waals surface area contributed by atoms with Crippen LogP contribution in [0, 0.1) is 0 Å². The van der Waals surface area contributed by atoms with Gasteiger partial charge in [0.25, 0.3) is 5.91 Å². The van der Waals surface area contributed by atoms with E-state index in [1.54, 1.807) is 32.7 Å². The van der Waals surface area contributed by atoms with Crippen LogP contribution >= 0.6 is 11.3 Å². The maximum Gasteiger partial charge on any atom is 0.273 e. The van der Waals surface area contributed by atoms with Crippen LogP contribution in [0.1, 0.15) is 26.6 Å². The van der Waals surface area contributed by atoms with Gasteiger partial charge in [-0.1, -0.05) is 36.4 Å². The Labute approximate surface area is 268 Å². The number of carbonyl (C=O) groups excluding carboxylic acids is 1. The summed E-state index contributed by atoms with van der Waals surface area (Å²) in [6.07, 6.45) is 2.97. The quantitative estimate of drug-likeness (QED) is 0.186. The summed E-state index contributed by atoms with van der Waals surface area (Å²) in [6, 6.07) is 22.3. The Bertz CT molecular complexity index is 1740. The number of hydrogen-bond donors (Lipinski definition) is 1. The Morgan fingerprint density at radius 3 is 2.47 bits per heavy atom. The van der Waals surface area contributed by atoms with Crippen LogP contribution in [0.5, 0.6) is 17.2 Å². The SMILES string of the molecule is COc1ccc(CN(CCc2c[nH]c3ccccc23)Cc2nc(C(=O)N3CCN(c4ccccc4OC)CC3)cs2)c(OC)c1. The van der Waals surface area contributed by atoms with Gasteiger partial charge in [-0.25, -0.2) is 4.98 Å². The Morgan fingerprint density at radius 2 is 1.67 bits per heavy atom. The van der Waals surface area contributed by atoms with E-state index in [4.69, 9.17) is 19.2 Å². The molecular formula is C35H39N5O4S. The van der Waals surface area contributed by atoms with Crippen molar-refractivity contribution in [3.8, 4) is 17.2 Å². The van der Waals surface area contributed by atoms with E-state index in [-0.39, 0.29) is 5.91 Å². The van der Waals surface area contributed by atoms with Gasteiger partial charge >= 0.3 is 0 Å². The van der Waals surface area contributed by atoms with Gasteiger partial charge in [-0.3, -0.25) is 9.69 Å². The van der Waals surface area contributed by atoms with Gasteiger partial charge in [0, 0.05) is 73.4 Å². The number of nitrogens with zero attached hydrogens (tertiary/aromatic N) is 4. The number of amides is 1. The maximum absolute atomic E-state index is 13.5. The fraction of sp³-hybridized carbons (Fsp3) is 0.314. The molecule has 9 nitrogen and oxygen atoms in total. The van der Waals surface area contributed by atoms with E-state index in [2.05, 4.69) is 51.3 Å². The van der Waals surface area contributed by atoms with Gasteiger partial charge < -0.3 is 29.0 Å². The van der Waals surface area contributed by atoms with Gasteiger partial charge in [0.15, 0.2) is 0 Å². The first-order valence-electron chi connectivity index (χ1n) is 15.2. The lowest BCUT2D eigenvalue weighted by Crippen LogP contribution is -2.49. The fourth-order valence-electron chi connectivity index (χ4n) is 5.93. The number of methoxy groups -OCH3 is 3. The normalized spacial score (nSPS) is 13.4. The number of hydrogen-bond acceptors (Lipinski definition) is 8. The van der Waals surface area contributed by atoms with Crippen molar-refractivity contribution in [1.82, 2.24) is 19.8 Å². The minimum absolute atomic E-state index is 0.0145. The summed E-state index contributed by atoms with van der Waals surface area (Å²) in [6.45, 7) is 4.86. The first kappa shape index (κ1) is 30.5. The van der Waals surface area contributed by atoms with E-state index in [0.717, 1.165) is 65.1 Å². The number of aromatic amines is 1. The van der Waals surface area contributed by atoms with E-state index in [0.29, 0.717) is 31.9 Å². The molecule has 0 saturated carbocycles. The van der Waals surface area contributed by atoms with Crippen molar-refractivity contribution in [2.75, 3.05) is 59.0 Å². The van der Waals surface area contributed by atoms with Crippen molar-refractivity contribution in [1.29, 1.82) is 0 Å². The van der Waals surface area contributed by atoms with Gasteiger partial charge in [0.05, 0.1) is 33.6 Å². The van der Waals surface area contributed by atoms with E-state index in [1.807, 2.05) is 46.7 Å². The molecule has 1 aliphatic rings. The van der Waals surface area contributed by atoms with Crippen molar-refractivity contribution in [2.45, 2.75) is 19.5 Å². The molecule has 0 bridgehead atoms. The van der Waals surface area contributed by atoms with Crippen molar-refractivity contribution in [3.63, 3.8) is 0 Å². The van der Waals surface area contributed by atoms with Gasteiger partial charge in [0.1, 0.15) is 28.0 Å². The van der Waals surface area contributed by atoms with Crippen LogP contribution in [0.2, 0.25) is 0 Å². The van der Waals surface area contributed by atoms with Gasteiger partial charge in [-0.05, 0) is 36.2 Å². The van der Waals surface area contributed by atoms with Gasteiger partial charge in [-0.2, -0.15) is 0 Å². The summed E-state index contributed by atoms with van der Waals surface area (Å²) in [5.41, 5.74) is 5.06. The molecule has 1 saturated heterocycles. The minimum Gasteiger partial charge on any atom is -0.497 e. The van der Waals surface area contributed by atoms with Crippen LogP contribution in [0.3, 0.4) is 0 Å². The molecule has 6 rings (SSSR count). The molecule has 1 aliphatic heterocycles. The largest absolute Gasteiger partial charge is 0.497 e. The number of para-hydroxylation sites is 3. The molecule has 0 radical (unpaired) electrons. The summed E-state index contributed by atoms with van der Waals surface area (Å²) in [5.74, 6) is 2.38. The maximum atomic E-state index is 13.5. The number of H-pyrrole nitrogens is 1. The van der Waals surface area contributed by atoms with Gasteiger partial charge in [0.2, 0.25) is 0 Å². The lowest BCUT2D eigenvalue weighted by Gasteiger charge is -2.36. The molecule has 2 aromatic heterocycles. The second-order valence-electron chi connectivity index (χ2n) is 11.1. The average molecular weight is 626 g/mol. The zero-order valence-electron chi connectivity index (χ0n) is 26.0. The van der Waals surface area contributed by atoms with E-state index in [9.17, 15) is 4.79 Å². The number of carbonyl (C=O) groups is 1. The molecule has 1 N–H and O–H groups in total. The summed E-state index contributed by atoms with van der Waals surface area (Å²) in [4.78, 5) is 28.3. The number of anilines is 1. The summed E-state index contributed by atoms with van der Waals surface area (Å²) >= 11 is 1.54. The smallest absolute Gasteiger partial charge is 0.273 e. The Balaban J connectivity index is 1.14. The summed E-state index contributed by atoms with van der Waals surface area (Å²) in [7, 11) is 5.03. The number of ether oxygens (including phenoxy) is 3. The third-order valence-electron chi connectivity index (χ3n) is 8.38. The highest BCUT2D eigenvalue weighted by atomic mass is 32.1. The van der Waals surface area contributed by atoms with Crippen molar-refractivity contribution in [2.24, 2.45) is 0 Å². The molecule has 3 heterocycles. The standard InChI is InChI=1S/C35H39N5O4S/c1-42-27-13-12-26(33(20-27)44-3)22-38(15-14-25-21-36-29-9-5-4-8-28(25)29)23-34-37-30(24-45-34)35(41)40-18-16-39(17-19-40)31-10-6-7-11-32(31)43-2/h4-13,20-21,24,36H,14-19,22-23H2,1-3H3. The molecule has 0 atom stereocenters. The van der Waals surface area contributed by atoms with Gasteiger partial charge in [-0.15, -0.1) is 11.3 Å². The molecule has 234 valence electrons. The highest BCUT2D eigenvalue weighted by Gasteiger charge is 2.25. The van der Waals surface area contributed by atoms with Crippen LogP contribution in [0.15, 0.2) is 78.3 Å². The summed E-state index contributed by atoms with van der Waals surface area (Å²) in [5, 5.41) is 4.06. The number of thiazole rings is 1. The van der Waals surface area contributed by atoms with Crippen molar-refractivity contribution >= 4 is 33.8 Å². The van der Waals surface area contributed by atoms with E-state index < -0.39 is 0 Å². The van der Waals surface area contributed by atoms with Crippen LogP contribution in [0.25, 0.3) is 10.9 Å². The van der Waals surface area contributed by atoms with Crippen LogP contribution in [-0.2, 0) is 19.5 Å². The number of nitrogens with one attached hydrogen (secondary N) is 1. The molecule has 10 heteroatoms. The van der Waals surface area contributed by atoms with Crippen molar-refractivity contribution in [3.05, 3.63) is 100 Å². The monoisotopic (exact) mass is 625 g/mol. The van der Waals surface area contributed by atoms with Crippen LogP contribution in [-0.4, -0.2) is 79.7 Å². The average Bonchev–Trinajstić information content (AvgIpc) is 3.74. The minimum atomic E-state index is -0.0145. The molecule has 0 aliphatic carbocycles. The predicted octanol–water partition coefficient (Wildman–Crippen LogP) is 5.86. The van der Waals surface area contributed by atoms with E-state index in [1.165, 1.54) is 10.9 Å². The highest BCUT2D eigenvalue weighted by Crippen LogP contribution is 2.30. The second-order valence-corrected chi connectivity index (χ2v) is 12.0. The Morgan fingerprint density at radius 1 is 0.889 bits per heavy atom.